The number of hydrogen-bond acceptors (Lipinski definition) is 5. The first-order valence-corrected chi connectivity index (χ1v) is 9.75. The van der Waals surface area contributed by atoms with Crippen molar-refractivity contribution < 1.29 is 19.2 Å². The number of aromatic amines is 2. The number of aromatic nitrogens is 3. The second-order valence-corrected chi connectivity index (χ2v) is 6.90. The van der Waals surface area contributed by atoms with E-state index in [4.69, 9.17) is 5.73 Å². The first-order valence-electron chi connectivity index (χ1n) is 9.75. The molecule has 8 N–H and O–H groups in total. The molecule has 0 spiro atoms. The van der Waals surface area contributed by atoms with Gasteiger partial charge in [0.05, 0.1) is 17.1 Å². The summed E-state index contributed by atoms with van der Waals surface area (Å²) < 4.78 is 1.61. The molecule has 0 radical (unpaired) electrons. The van der Waals surface area contributed by atoms with Crippen LogP contribution in [0.4, 0.5) is 17.1 Å². The summed E-state index contributed by atoms with van der Waals surface area (Å²) in [4.78, 5) is 53.0. The topological polar surface area (TPSA) is 179 Å². The third-order valence-corrected chi connectivity index (χ3v) is 4.50. The minimum absolute atomic E-state index is 0.216. The molecule has 3 aromatic heterocycles. The molecule has 0 saturated heterocycles. The van der Waals surface area contributed by atoms with Crippen molar-refractivity contribution in [1.29, 1.82) is 0 Å². The molecule has 0 unspecified atom stereocenters. The zero-order valence-electron chi connectivity index (χ0n) is 17.3. The first kappa shape index (κ1) is 22.4. The van der Waals surface area contributed by atoms with Gasteiger partial charge in [0.15, 0.2) is 0 Å². The van der Waals surface area contributed by atoms with E-state index in [1.807, 2.05) is 0 Å². The molecule has 0 aromatic carbocycles. The van der Waals surface area contributed by atoms with Crippen molar-refractivity contribution in [1.82, 2.24) is 19.9 Å². The summed E-state index contributed by atoms with van der Waals surface area (Å²) in [6.45, 7) is 0.952. The Hall–Kier alpha value is -4.32. The van der Waals surface area contributed by atoms with Gasteiger partial charge >= 0.3 is 0 Å². The van der Waals surface area contributed by atoms with Crippen LogP contribution in [0.3, 0.4) is 0 Å². The molecule has 168 valence electrons. The standard InChI is InChI=1S/C20H24N8O4/c1-28-10-14(7-17(28)20(32)22-4-2-3-21)27-19(31)16-6-13(9-24-16)26-18(30)15-5-12(8-23-15)25-11-29/h5-11,23-24H,2-4,21H2,1H3,(H,22,32)(H,25,29)(H,26,30)(H,27,31). The highest BCUT2D eigenvalue weighted by atomic mass is 16.2. The van der Waals surface area contributed by atoms with E-state index in [0.29, 0.717) is 48.7 Å². The lowest BCUT2D eigenvalue weighted by Gasteiger charge is -2.04. The van der Waals surface area contributed by atoms with Crippen molar-refractivity contribution in [2.75, 3.05) is 29.0 Å². The molecule has 0 aliphatic heterocycles. The van der Waals surface area contributed by atoms with E-state index in [1.165, 1.54) is 24.5 Å². The van der Waals surface area contributed by atoms with Gasteiger partial charge in [0, 0.05) is 32.2 Å². The summed E-state index contributed by atoms with van der Waals surface area (Å²) in [5, 5.41) is 10.5. The van der Waals surface area contributed by atoms with Gasteiger partial charge < -0.3 is 41.5 Å². The minimum atomic E-state index is -0.441. The van der Waals surface area contributed by atoms with E-state index < -0.39 is 11.8 Å². The Kier molecular flexibility index (Phi) is 7.08. The van der Waals surface area contributed by atoms with Gasteiger partial charge in [0.25, 0.3) is 17.7 Å². The molecule has 12 nitrogen and oxygen atoms in total. The van der Waals surface area contributed by atoms with Crippen molar-refractivity contribution in [3.63, 3.8) is 0 Å². The number of nitrogens with one attached hydrogen (secondary N) is 6. The Labute approximate surface area is 182 Å². The van der Waals surface area contributed by atoms with Gasteiger partial charge in [-0.15, -0.1) is 0 Å². The fourth-order valence-corrected chi connectivity index (χ4v) is 2.92. The Balaban J connectivity index is 1.59. The highest BCUT2D eigenvalue weighted by molar-refractivity contribution is 6.07. The molecule has 0 atom stereocenters. The quantitative estimate of drug-likeness (QED) is 0.182. The maximum atomic E-state index is 12.5. The van der Waals surface area contributed by atoms with Crippen LogP contribution in [0, 0.1) is 0 Å². The normalized spacial score (nSPS) is 10.4. The predicted octanol–water partition coefficient (Wildman–Crippen LogP) is 0.833. The maximum Gasteiger partial charge on any atom is 0.272 e. The lowest BCUT2D eigenvalue weighted by molar-refractivity contribution is -0.105. The number of rotatable bonds is 10. The van der Waals surface area contributed by atoms with Crippen LogP contribution < -0.4 is 27.0 Å². The van der Waals surface area contributed by atoms with E-state index in [-0.39, 0.29) is 17.3 Å². The highest BCUT2D eigenvalue weighted by Crippen LogP contribution is 2.17. The second kappa shape index (κ2) is 10.1. The average Bonchev–Trinajstić information content (AvgIpc) is 3.49. The van der Waals surface area contributed by atoms with Crippen LogP contribution in [0.15, 0.2) is 36.8 Å². The Bertz CT molecular complexity index is 1130. The van der Waals surface area contributed by atoms with Gasteiger partial charge in [-0.1, -0.05) is 0 Å². The summed E-state index contributed by atoms with van der Waals surface area (Å²) >= 11 is 0. The lowest BCUT2D eigenvalue weighted by atomic mass is 10.3. The van der Waals surface area contributed by atoms with Crippen LogP contribution in [-0.2, 0) is 11.8 Å². The number of hydrogen-bond donors (Lipinski definition) is 7. The molecule has 3 heterocycles. The molecule has 0 aliphatic carbocycles. The third kappa shape index (κ3) is 5.43. The zero-order valence-corrected chi connectivity index (χ0v) is 17.3. The summed E-state index contributed by atoms with van der Waals surface area (Å²) in [5.41, 5.74) is 7.55. The van der Waals surface area contributed by atoms with Crippen molar-refractivity contribution in [2.45, 2.75) is 6.42 Å². The number of carbonyl (C=O) groups excluding carboxylic acids is 4. The zero-order chi connectivity index (χ0) is 23.1. The van der Waals surface area contributed by atoms with Crippen molar-refractivity contribution in [3.05, 3.63) is 53.9 Å². The lowest BCUT2D eigenvalue weighted by Crippen LogP contribution is -2.27. The first-order chi connectivity index (χ1) is 15.4. The van der Waals surface area contributed by atoms with Gasteiger partial charge in [-0.05, 0) is 31.2 Å². The molecule has 4 amide bonds. The van der Waals surface area contributed by atoms with Gasteiger partial charge in [0.2, 0.25) is 6.41 Å². The van der Waals surface area contributed by atoms with Crippen molar-refractivity contribution in [2.24, 2.45) is 12.8 Å². The van der Waals surface area contributed by atoms with Crippen LogP contribution in [0.25, 0.3) is 0 Å². The molecule has 3 aromatic rings. The summed E-state index contributed by atoms with van der Waals surface area (Å²) in [6.07, 6.45) is 5.75. The molecule has 0 saturated carbocycles. The van der Waals surface area contributed by atoms with Crippen LogP contribution >= 0.6 is 0 Å². The van der Waals surface area contributed by atoms with Crippen molar-refractivity contribution >= 4 is 41.2 Å². The van der Waals surface area contributed by atoms with E-state index in [1.54, 1.807) is 23.9 Å². The van der Waals surface area contributed by atoms with E-state index in [2.05, 4.69) is 31.2 Å². The van der Waals surface area contributed by atoms with Gasteiger partial charge in [-0.2, -0.15) is 0 Å². The number of H-pyrrole nitrogens is 2. The minimum Gasteiger partial charge on any atom is -0.355 e. The molecule has 0 aliphatic rings. The third-order valence-electron chi connectivity index (χ3n) is 4.50. The van der Waals surface area contributed by atoms with E-state index in [9.17, 15) is 19.2 Å². The van der Waals surface area contributed by atoms with Gasteiger partial charge in [-0.3, -0.25) is 19.2 Å². The maximum absolute atomic E-state index is 12.5. The SMILES string of the molecule is Cn1cc(NC(=O)c2cc(NC(=O)c3cc(NC=O)c[nH]3)c[nH]2)cc1C(=O)NCCCN. The van der Waals surface area contributed by atoms with Gasteiger partial charge in [-0.25, -0.2) is 0 Å². The number of aryl methyl sites for hydroxylation is 1. The Morgan fingerprint density at radius 3 is 2.25 bits per heavy atom. The predicted molar refractivity (Wildman–Crippen MR) is 119 cm³/mol. The molecule has 0 bridgehead atoms. The van der Waals surface area contributed by atoms with E-state index >= 15 is 0 Å². The van der Waals surface area contributed by atoms with Crippen LogP contribution in [0.2, 0.25) is 0 Å². The largest absolute Gasteiger partial charge is 0.355 e. The summed E-state index contributed by atoms with van der Waals surface area (Å²) in [7, 11) is 1.70. The number of carbonyl (C=O) groups is 4. The second-order valence-electron chi connectivity index (χ2n) is 6.90. The number of anilines is 3. The van der Waals surface area contributed by atoms with E-state index in [0.717, 1.165) is 0 Å². The number of nitrogens with zero attached hydrogens (tertiary/aromatic N) is 1. The Morgan fingerprint density at radius 1 is 0.969 bits per heavy atom. The smallest absolute Gasteiger partial charge is 0.272 e. The number of nitrogens with two attached hydrogens (primary N) is 1. The van der Waals surface area contributed by atoms with Crippen LogP contribution in [-0.4, -0.2) is 51.8 Å². The molecule has 0 fully saturated rings. The number of amides is 4. The van der Waals surface area contributed by atoms with Gasteiger partial charge in [0.1, 0.15) is 17.1 Å². The Morgan fingerprint density at radius 2 is 1.59 bits per heavy atom. The monoisotopic (exact) mass is 440 g/mol. The fraction of sp³-hybridized carbons (Fsp3) is 0.200. The average molecular weight is 440 g/mol. The summed E-state index contributed by atoms with van der Waals surface area (Å²) in [6, 6.07) is 4.52. The molecule has 3 rings (SSSR count). The summed E-state index contributed by atoms with van der Waals surface area (Å²) in [5.74, 6) is -1.14. The van der Waals surface area contributed by atoms with Crippen LogP contribution in [0.5, 0.6) is 0 Å². The molecular weight excluding hydrogens is 416 g/mol. The molecule has 32 heavy (non-hydrogen) atoms. The fourth-order valence-electron chi connectivity index (χ4n) is 2.92. The highest BCUT2D eigenvalue weighted by Gasteiger charge is 2.16. The van der Waals surface area contributed by atoms with Crippen molar-refractivity contribution in [3.8, 4) is 0 Å². The molecular formula is C20H24N8O4. The molecule has 12 heteroatoms. The van der Waals surface area contributed by atoms with Crippen LogP contribution in [0.1, 0.15) is 37.9 Å².